The Labute approximate surface area is 123 Å². The van der Waals surface area contributed by atoms with E-state index in [1.165, 1.54) is 12.0 Å². The molecule has 3 aromatic rings. The Hall–Kier alpha value is -2.75. The van der Waals surface area contributed by atoms with Crippen LogP contribution in [0.3, 0.4) is 0 Å². The minimum Gasteiger partial charge on any atom is -0.497 e. The fourth-order valence-electron chi connectivity index (χ4n) is 2.10. The van der Waals surface area contributed by atoms with Crippen LogP contribution in [0.2, 0.25) is 0 Å². The molecule has 3 rings (SSSR count). The van der Waals surface area contributed by atoms with Gasteiger partial charge >= 0.3 is 0 Å². The fourth-order valence-corrected chi connectivity index (χ4v) is 2.10. The molecule has 0 spiro atoms. The van der Waals surface area contributed by atoms with Crippen molar-refractivity contribution in [2.75, 3.05) is 12.4 Å². The molecule has 0 aliphatic carbocycles. The number of methoxy groups -OCH3 is 1. The van der Waals surface area contributed by atoms with Gasteiger partial charge in [0.2, 0.25) is 0 Å². The van der Waals surface area contributed by atoms with Crippen molar-refractivity contribution in [3.05, 3.63) is 66.7 Å². The van der Waals surface area contributed by atoms with Crippen LogP contribution < -0.4 is 10.1 Å². The molecule has 1 heterocycles. The van der Waals surface area contributed by atoms with Crippen molar-refractivity contribution in [1.82, 2.24) is 4.98 Å². The summed E-state index contributed by atoms with van der Waals surface area (Å²) in [6.07, 6.45) is 3.14. The predicted molar refractivity (Wildman–Crippen MR) is 82.3 cm³/mol. The van der Waals surface area contributed by atoms with Crippen LogP contribution in [0.1, 0.15) is 5.56 Å². The van der Waals surface area contributed by atoms with Crippen molar-refractivity contribution >= 4 is 5.69 Å². The minimum absolute atomic E-state index is 0.749. The predicted octanol–water partition coefficient (Wildman–Crippen LogP) is 3.96. The van der Waals surface area contributed by atoms with Gasteiger partial charge in [0.1, 0.15) is 5.75 Å². The Bertz CT molecular complexity index is 691. The molecular weight excluding hydrogens is 264 g/mol. The molecule has 0 saturated carbocycles. The van der Waals surface area contributed by atoms with Gasteiger partial charge in [0.25, 0.3) is 0 Å². The lowest BCUT2D eigenvalue weighted by Crippen LogP contribution is -1.99. The molecule has 0 unspecified atom stereocenters. The highest BCUT2D eigenvalue weighted by Crippen LogP contribution is 2.21. The van der Waals surface area contributed by atoms with E-state index in [1.807, 2.05) is 42.5 Å². The summed E-state index contributed by atoms with van der Waals surface area (Å²) in [5.41, 5.74) is 3.24. The SMILES string of the molecule is COc1cccc(CNc2ccc(-c3cnco3)cc2)c1. The summed E-state index contributed by atoms with van der Waals surface area (Å²) >= 11 is 0. The van der Waals surface area contributed by atoms with E-state index in [1.54, 1.807) is 13.3 Å². The van der Waals surface area contributed by atoms with E-state index in [4.69, 9.17) is 9.15 Å². The van der Waals surface area contributed by atoms with E-state index in [9.17, 15) is 0 Å². The standard InChI is InChI=1S/C17H16N2O2/c1-20-16-4-2-3-13(9-16)10-19-15-7-5-14(6-8-15)17-11-18-12-21-17/h2-9,11-12,19H,10H2,1H3. The molecule has 0 saturated heterocycles. The van der Waals surface area contributed by atoms with Crippen molar-refractivity contribution in [2.24, 2.45) is 0 Å². The minimum atomic E-state index is 0.749. The first-order valence-corrected chi connectivity index (χ1v) is 6.71. The Morgan fingerprint density at radius 1 is 1.14 bits per heavy atom. The molecule has 4 heteroatoms. The monoisotopic (exact) mass is 280 g/mol. The maximum Gasteiger partial charge on any atom is 0.181 e. The molecule has 0 fully saturated rings. The Kier molecular flexibility index (Phi) is 3.87. The van der Waals surface area contributed by atoms with Crippen LogP contribution >= 0.6 is 0 Å². The van der Waals surface area contributed by atoms with Crippen molar-refractivity contribution in [3.8, 4) is 17.1 Å². The zero-order valence-electron chi connectivity index (χ0n) is 11.7. The van der Waals surface area contributed by atoms with Gasteiger partial charge in [0, 0.05) is 17.8 Å². The number of hydrogen-bond acceptors (Lipinski definition) is 4. The van der Waals surface area contributed by atoms with E-state index in [2.05, 4.69) is 16.4 Å². The van der Waals surface area contributed by atoms with Gasteiger partial charge in [-0.25, -0.2) is 4.98 Å². The number of nitrogens with one attached hydrogen (secondary N) is 1. The summed E-state index contributed by atoms with van der Waals surface area (Å²) in [5, 5.41) is 3.38. The number of oxazole rings is 1. The van der Waals surface area contributed by atoms with Crippen LogP contribution in [0.5, 0.6) is 5.75 Å². The molecule has 0 amide bonds. The van der Waals surface area contributed by atoms with E-state index >= 15 is 0 Å². The smallest absolute Gasteiger partial charge is 0.181 e. The van der Waals surface area contributed by atoms with Crippen LogP contribution in [0.25, 0.3) is 11.3 Å². The molecule has 0 atom stereocenters. The Balaban J connectivity index is 1.65. The van der Waals surface area contributed by atoms with Gasteiger partial charge in [-0.1, -0.05) is 12.1 Å². The number of hydrogen-bond donors (Lipinski definition) is 1. The molecule has 21 heavy (non-hydrogen) atoms. The number of aromatic nitrogens is 1. The average Bonchev–Trinajstić information content (AvgIpc) is 3.08. The van der Waals surface area contributed by atoms with Crippen molar-refractivity contribution in [1.29, 1.82) is 0 Å². The van der Waals surface area contributed by atoms with E-state index < -0.39 is 0 Å². The zero-order chi connectivity index (χ0) is 14.5. The summed E-state index contributed by atoms with van der Waals surface area (Å²) < 4.78 is 10.5. The summed E-state index contributed by atoms with van der Waals surface area (Å²) in [4.78, 5) is 3.92. The Morgan fingerprint density at radius 2 is 2.00 bits per heavy atom. The van der Waals surface area contributed by atoms with Gasteiger partial charge in [0.05, 0.1) is 13.3 Å². The van der Waals surface area contributed by atoms with Crippen LogP contribution in [0.4, 0.5) is 5.69 Å². The van der Waals surface area contributed by atoms with Gasteiger partial charge in [-0.3, -0.25) is 0 Å². The van der Waals surface area contributed by atoms with Crippen LogP contribution in [0.15, 0.2) is 65.5 Å². The molecule has 4 nitrogen and oxygen atoms in total. The first kappa shape index (κ1) is 13.2. The lowest BCUT2D eigenvalue weighted by molar-refractivity contribution is 0.414. The number of nitrogens with zero attached hydrogens (tertiary/aromatic N) is 1. The van der Waals surface area contributed by atoms with Gasteiger partial charge < -0.3 is 14.5 Å². The molecule has 2 aromatic carbocycles. The van der Waals surface area contributed by atoms with Gasteiger partial charge in [0.15, 0.2) is 12.2 Å². The van der Waals surface area contributed by atoms with Gasteiger partial charge in [-0.15, -0.1) is 0 Å². The average molecular weight is 280 g/mol. The maximum atomic E-state index is 5.27. The molecular formula is C17H16N2O2. The summed E-state index contributed by atoms with van der Waals surface area (Å²) in [5.74, 6) is 1.64. The number of ether oxygens (including phenoxy) is 1. The third-order valence-electron chi connectivity index (χ3n) is 3.23. The lowest BCUT2D eigenvalue weighted by atomic mass is 10.1. The highest BCUT2D eigenvalue weighted by molar-refractivity contribution is 5.60. The van der Waals surface area contributed by atoms with Crippen LogP contribution in [-0.4, -0.2) is 12.1 Å². The largest absolute Gasteiger partial charge is 0.497 e. The van der Waals surface area contributed by atoms with E-state index in [0.717, 1.165) is 29.3 Å². The van der Waals surface area contributed by atoms with Crippen molar-refractivity contribution in [3.63, 3.8) is 0 Å². The molecule has 0 radical (unpaired) electrons. The van der Waals surface area contributed by atoms with Gasteiger partial charge in [-0.05, 0) is 42.0 Å². The summed E-state index contributed by atoms with van der Waals surface area (Å²) in [6, 6.07) is 16.1. The third kappa shape index (κ3) is 3.23. The van der Waals surface area contributed by atoms with Crippen molar-refractivity contribution in [2.45, 2.75) is 6.54 Å². The highest BCUT2D eigenvalue weighted by atomic mass is 16.5. The van der Waals surface area contributed by atoms with Crippen molar-refractivity contribution < 1.29 is 9.15 Å². The zero-order valence-corrected chi connectivity index (χ0v) is 11.7. The molecule has 0 aliphatic heterocycles. The number of rotatable bonds is 5. The Morgan fingerprint density at radius 3 is 2.71 bits per heavy atom. The molecule has 1 aromatic heterocycles. The van der Waals surface area contributed by atoms with E-state index in [-0.39, 0.29) is 0 Å². The topological polar surface area (TPSA) is 47.3 Å². The molecule has 1 N–H and O–H groups in total. The summed E-state index contributed by atoms with van der Waals surface area (Å²) in [7, 11) is 1.68. The number of benzene rings is 2. The first-order valence-electron chi connectivity index (χ1n) is 6.71. The molecule has 0 aliphatic rings. The van der Waals surface area contributed by atoms with Crippen LogP contribution in [0, 0.1) is 0 Å². The van der Waals surface area contributed by atoms with Crippen LogP contribution in [-0.2, 0) is 6.54 Å². The normalized spacial score (nSPS) is 10.3. The third-order valence-corrected chi connectivity index (χ3v) is 3.23. The quantitative estimate of drug-likeness (QED) is 0.768. The highest BCUT2D eigenvalue weighted by Gasteiger charge is 2.01. The second kappa shape index (κ2) is 6.13. The van der Waals surface area contributed by atoms with E-state index in [0.29, 0.717) is 0 Å². The first-order chi connectivity index (χ1) is 10.3. The second-order valence-electron chi connectivity index (χ2n) is 4.65. The fraction of sp³-hybridized carbons (Fsp3) is 0.118. The maximum absolute atomic E-state index is 5.27. The number of anilines is 1. The molecule has 106 valence electrons. The summed E-state index contributed by atoms with van der Waals surface area (Å²) in [6.45, 7) is 0.749. The molecule has 0 bridgehead atoms. The second-order valence-corrected chi connectivity index (χ2v) is 4.65. The van der Waals surface area contributed by atoms with Gasteiger partial charge in [-0.2, -0.15) is 0 Å². The lowest BCUT2D eigenvalue weighted by Gasteiger charge is -2.08.